The molecule has 2 saturated heterocycles. The summed E-state index contributed by atoms with van der Waals surface area (Å²) in [5.41, 5.74) is 0. The van der Waals surface area contributed by atoms with Gasteiger partial charge in [-0.15, -0.1) is 0 Å². The molecule has 3 rings (SSSR count). The topological polar surface area (TPSA) is 89.0 Å². The number of aliphatic imine (C=N–C) groups is 1. The Hall–Kier alpha value is -0.860. The Morgan fingerprint density at radius 3 is 2.62 bits per heavy atom. The van der Waals surface area contributed by atoms with E-state index in [2.05, 4.69) is 15.6 Å². The molecule has 2 atom stereocenters. The lowest BCUT2D eigenvalue weighted by Crippen LogP contribution is -2.42. The van der Waals surface area contributed by atoms with Crippen molar-refractivity contribution in [2.75, 3.05) is 37.7 Å². The van der Waals surface area contributed by atoms with Crippen LogP contribution in [-0.2, 0) is 19.3 Å². The average molecular weight is 388 g/mol. The fourth-order valence-corrected chi connectivity index (χ4v) is 5.88. The third kappa shape index (κ3) is 5.57. The number of rotatable bonds is 5. The van der Waals surface area contributed by atoms with Crippen molar-refractivity contribution in [1.29, 1.82) is 0 Å². The zero-order valence-corrected chi connectivity index (χ0v) is 16.7. The zero-order valence-electron chi connectivity index (χ0n) is 15.8. The molecule has 3 aliphatic rings. The fourth-order valence-electron chi connectivity index (χ4n) is 4.04. The smallest absolute Gasteiger partial charge is 0.191 e. The third-order valence-electron chi connectivity index (χ3n) is 5.45. The summed E-state index contributed by atoms with van der Waals surface area (Å²) in [6, 6.07) is 0. The summed E-state index contributed by atoms with van der Waals surface area (Å²) in [7, 11) is -2.85. The lowest BCUT2D eigenvalue weighted by atomic mass is 10.1. The van der Waals surface area contributed by atoms with Crippen LogP contribution in [0.15, 0.2) is 4.99 Å². The van der Waals surface area contributed by atoms with Gasteiger partial charge in [-0.25, -0.2) is 8.42 Å². The molecule has 0 aromatic carbocycles. The highest BCUT2D eigenvalue weighted by Gasteiger charge is 2.41. The van der Waals surface area contributed by atoms with E-state index in [1.54, 1.807) is 0 Å². The van der Waals surface area contributed by atoms with E-state index in [9.17, 15) is 8.42 Å². The highest BCUT2D eigenvalue weighted by atomic mass is 32.2. The highest BCUT2D eigenvalue weighted by Crippen LogP contribution is 2.36. The van der Waals surface area contributed by atoms with Crippen molar-refractivity contribution in [2.45, 2.75) is 63.8 Å². The Bertz CT molecular complexity index is 585. The first-order chi connectivity index (χ1) is 12.5. The molecular formula is C18H33N3O4S. The molecule has 1 spiro atoms. The molecule has 3 fully saturated rings. The molecule has 26 heavy (non-hydrogen) atoms. The van der Waals surface area contributed by atoms with Crippen LogP contribution in [0.2, 0.25) is 0 Å². The van der Waals surface area contributed by atoms with Crippen LogP contribution >= 0.6 is 0 Å². The van der Waals surface area contributed by atoms with Gasteiger partial charge in [0.2, 0.25) is 0 Å². The summed E-state index contributed by atoms with van der Waals surface area (Å²) >= 11 is 0. The van der Waals surface area contributed by atoms with Crippen LogP contribution in [0.4, 0.5) is 0 Å². The Morgan fingerprint density at radius 2 is 1.96 bits per heavy atom. The Morgan fingerprint density at radius 1 is 1.19 bits per heavy atom. The number of nitrogens with zero attached hydrogens (tertiary/aromatic N) is 1. The quantitative estimate of drug-likeness (QED) is 0.548. The van der Waals surface area contributed by atoms with Gasteiger partial charge in [0.1, 0.15) is 6.10 Å². The van der Waals surface area contributed by atoms with Crippen LogP contribution in [0.1, 0.15) is 51.9 Å². The number of hydrogen-bond donors (Lipinski definition) is 2. The van der Waals surface area contributed by atoms with Gasteiger partial charge in [-0.3, -0.25) is 4.99 Å². The van der Waals surface area contributed by atoms with Crippen LogP contribution in [0, 0.1) is 5.92 Å². The molecule has 0 bridgehead atoms. The molecule has 2 heterocycles. The first-order valence-corrected chi connectivity index (χ1v) is 11.9. The molecule has 8 heteroatoms. The Labute approximate surface area is 157 Å². The Kier molecular flexibility index (Phi) is 6.80. The lowest BCUT2D eigenvalue weighted by molar-refractivity contribution is -0.175. The van der Waals surface area contributed by atoms with Gasteiger partial charge in [0.15, 0.2) is 21.6 Å². The molecule has 0 radical (unpaired) electrons. The standard InChI is InChI=1S/C18H33N3O4S/c1-2-19-17(20-11-15-7-10-26(22,23)14-15)21-12-16-13-24-18(25-16)8-5-3-4-6-9-18/h15-16H,2-14H2,1H3,(H2,19,20,21). The third-order valence-corrected chi connectivity index (χ3v) is 7.29. The minimum atomic E-state index is -2.85. The van der Waals surface area contributed by atoms with Crippen molar-refractivity contribution in [1.82, 2.24) is 10.6 Å². The van der Waals surface area contributed by atoms with Gasteiger partial charge in [0.25, 0.3) is 0 Å². The molecule has 1 saturated carbocycles. The van der Waals surface area contributed by atoms with E-state index >= 15 is 0 Å². The van der Waals surface area contributed by atoms with E-state index in [0.29, 0.717) is 31.9 Å². The zero-order chi connectivity index (χ0) is 18.5. The Balaban J connectivity index is 1.47. The number of sulfone groups is 1. The molecule has 0 aromatic heterocycles. The molecule has 2 aliphatic heterocycles. The van der Waals surface area contributed by atoms with Crippen LogP contribution < -0.4 is 10.6 Å². The van der Waals surface area contributed by atoms with E-state index in [4.69, 9.17) is 9.47 Å². The summed E-state index contributed by atoms with van der Waals surface area (Å²) in [5, 5.41) is 6.55. The second kappa shape index (κ2) is 8.89. The average Bonchev–Trinajstić information content (AvgIpc) is 3.07. The fraction of sp³-hybridized carbons (Fsp3) is 0.944. The molecule has 1 aliphatic carbocycles. The van der Waals surface area contributed by atoms with Gasteiger partial charge >= 0.3 is 0 Å². The van der Waals surface area contributed by atoms with E-state index in [1.807, 2.05) is 6.92 Å². The van der Waals surface area contributed by atoms with E-state index in [1.165, 1.54) is 25.7 Å². The first kappa shape index (κ1) is 19.9. The second-order valence-corrected chi connectivity index (χ2v) is 9.97. The summed E-state index contributed by atoms with van der Waals surface area (Å²) in [4.78, 5) is 4.57. The van der Waals surface area contributed by atoms with Crippen LogP contribution in [0.25, 0.3) is 0 Å². The van der Waals surface area contributed by atoms with Gasteiger partial charge < -0.3 is 20.1 Å². The first-order valence-electron chi connectivity index (χ1n) is 10.0. The van der Waals surface area contributed by atoms with Gasteiger partial charge in [0, 0.05) is 32.5 Å². The summed E-state index contributed by atoms with van der Waals surface area (Å²) in [6.45, 7) is 4.60. The van der Waals surface area contributed by atoms with Crippen molar-refractivity contribution in [2.24, 2.45) is 10.9 Å². The molecule has 7 nitrogen and oxygen atoms in total. The highest BCUT2D eigenvalue weighted by molar-refractivity contribution is 7.91. The number of hydrogen-bond acceptors (Lipinski definition) is 5. The maximum Gasteiger partial charge on any atom is 0.191 e. The normalized spacial score (nSPS) is 31.0. The van der Waals surface area contributed by atoms with Crippen LogP contribution in [-0.4, -0.2) is 64.0 Å². The maximum atomic E-state index is 11.6. The molecular weight excluding hydrogens is 354 g/mol. The molecule has 150 valence electrons. The van der Waals surface area contributed by atoms with E-state index in [0.717, 1.165) is 25.3 Å². The van der Waals surface area contributed by atoms with Gasteiger partial charge in [-0.2, -0.15) is 0 Å². The molecule has 0 amide bonds. The second-order valence-electron chi connectivity index (χ2n) is 7.75. The van der Waals surface area contributed by atoms with Crippen molar-refractivity contribution in [3.8, 4) is 0 Å². The van der Waals surface area contributed by atoms with Crippen molar-refractivity contribution in [3.05, 3.63) is 0 Å². The minimum Gasteiger partial charge on any atom is -0.357 e. The van der Waals surface area contributed by atoms with E-state index < -0.39 is 9.84 Å². The van der Waals surface area contributed by atoms with Crippen molar-refractivity contribution in [3.63, 3.8) is 0 Å². The maximum absolute atomic E-state index is 11.6. The van der Waals surface area contributed by atoms with Crippen molar-refractivity contribution >= 4 is 15.8 Å². The number of nitrogens with one attached hydrogen (secondary N) is 2. The largest absolute Gasteiger partial charge is 0.357 e. The predicted octanol–water partition coefficient (Wildman–Crippen LogP) is 1.44. The predicted molar refractivity (Wildman–Crippen MR) is 102 cm³/mol. The van der Waals surface area contributed by atoms with Gasteiger partial charge in [0.05, 0.1) is 18.1 Å². The number of ether oxygens (including phenoxy) is 2. The van der Waals surface area contributed by atoms with Gasteiger partial charge in [-0.1, -0.05) is 12.8 Å². The van der Waals surface area contributed by atoms with E-state index in [-0.39, 0.29) is 23.6 Å². The summed E-state index contributed by atoms with van der Waals surface area (Å²) in [5.74, 6) is 1.05. The summed E-state index contributed by atoms with van der Waals surface area (Å²) < 4.78 is 35.4. The van der Waals surface area contributed by atoms with Crippen LogP contribution in [0.5, 0.6) is 0 Å². The SMILES string of the molecule is CCNC(=NCC1CCS(=O)(=O)C1)NCC1COC2(CCCCCC2)O1. The lowest BCUT2D eigenvalue weighted by Gasteiger charge is -2.26. The minimum absolute atomic E-state index is 0.0313. The monoisotopic (exact) mass is 387 g/mol. The summed E-state index contributed by atoms with van der Waals surface area (Å²) in [6.07, 6.45) is 7.62. The van der Waals surface area contributed by atoms with Crippen molar-refractivity contribution < 1.29 is 17.9 Å². The molecule has 2 unspecified atom stereocenters. The van der Waals surface area contributed by atoms with Gasteiger partial charge in [-0.05, 0) is 32.1 Å². The van der Waals surface area contributed by atoms with Crippen LogP contribution in [0.3, 0.4) is 0 Å². The number of guanidine groups is 1. The molecule has 2 N–H and O–H groups in total. The molecule has 0 aromatic rings.